The Labute approximate surface area is 63.6 Å². The minimum Gasteiger partial charge on any atom is -0.205 e. The third-order valence-corrected chi connectivity index (χ3v) is 1.49. The van der Waals surface area contributed by atoms with Gasteiger partial charge in [0.15, 0.2) is 0 Å². The summed E-state index contributed by atoms with van der Waals surface area (Å²) in [7, 11) is 0. The van der Waals surface area contributed by atoms with Crippen LogP contribution >= 0.6 is 11.6 Å². The molecule has 0 aliphatic heterocycles. The van der Waals surface area contributed by atoms with Crippen LogP contribution < -0.4 is 0 Å². The van der Waals surface area contributed by atoms with Gasteiger partial charge in [0.05, 0.1) is 5.02 Å². The summed E-state index contributed by atoms with van der Waals surface area (Å²) < 4.78 is 12.5. The lowest BCUT2D eigenvalue weighted by atomic mass is 10.2. The predicted molar refractivity (Wildman–Crippen MR) is 39.3 cm³/mol. The van der Waals surface area contributed by atoms with Crippen LogP contribution in [0.25, 0.3) is 0 Å². The van der Waals surface area contributed by atoms with Crippen molar-refractivity contribution in [2.45, 2.75) is 0 Å². The summed E-state index contributed by atoms with van der Waals surface area (Å²) in [4.78, 5) is 0. The molecule has 0 radical (unpaired) electrons. The van der Waals surface area contributed by atoms with Crippen molar-refractivity contribution in [2.24, 2.45) is 0 Å². The molecule has 0 N–H and O–H groups in total. The molecule has 0 bridgehead atoms. The van der Waals surface area contributed by atoms with Crippen LogP contribution in [-0.2, 0) is 0 Å². The van der Waals surface area contributed by atoms with E-state index in [4.69, 9.17) is 18.0 Å². The predicted octanol–water partition coefficient (Wildman–Crippen LogP) is 2.46. The summed E-state index contributed by atoms with van der Waals surface area (Å²) in [6.45, 7) is 0. The van der Waals surface area contributed by atoms with Crippen molar-refractivity contribution < 1.29 is 4.39 Å². The molecule has 1 rings (SSSR count). The Morgan fingerprint density at radius 2 is 2.20 bits per heavy atom. The Morgan fingerprint density at radius 3 is 2.70 bits per heavy atom. The van der Waals surface area contributed by atoms with E-state index in [1.165, 1.54) is 12.1 Å². The minimum atomic E-state index is -0.475. The molecule has 0 unspecified atom stereocenters. The quantitative estimate of drug-likeness (QED) is 0.504. The van der Waals surface area contributed by atoms with Gasteiger partial charge in [0.2, 0.25) is 0 Å². The maximum Gasteiger partial charge on any atom is 0.143 e. The van der Waals surface area contributed by atoms with Crippen LogP contribution in [0.2, 0.25) is 5.02 Å². The largest absolute Gasteiger partial charge is 0.205 e. The van der Waals surface area contributed by atoms with Gasteiger partial charge in [-0.1, -0.05) is 23.6 Å². The molecule has 0 saturated carbocycles. The molecule has 0 amide bonds. The van der Waals surface area contributed by atoms with Crippen molar-refractivity contribution in [2.75, 3.05) is 0 Å². The molecule has 0 atom stereocenters. The number of hydrogen-bond donors (Lipinski definition) is 0. The Kier molecular flexibility index (Phi) is 1.94. The minimum absolute atomic E-state index is 0.0185. The fourth-order valence-corrected chi connectivity index (χ4v) is 0.796. The molecule has 0 aliphatic rings. The highest BCUT2D eigenvalue weighted by Crippen LogP contribution is 2.17. The maximum absolute atomic E-state index is 12.5. The first-order chi connectivity index (χ1) is 4.75. The fraction of sp³-hybridized carbons (Fsp3) is 0. The molecule has 50 valence electrons. The van der Waals surface area contributed by atoms with Crippen molar-refractivity contribution in [3.8, 4) is 12.3 Å². The summed E-state index contributed by atoms with van der Waals surface area (Å²) >= 11 is 5.48. The zero-order valence-corrected chi connectivity index (χ0v) is 5.82. The van der Waals surface area contributed by atoms with Crippen LogP contribution in [0.3, 0.4) is 0 Å². The summed E-state index contributed by atoms with van der Waals surface area (Å²) in [5.41, 5.74) is 0.390. The van der Waals surface area contributed by atoms with Gasteiger partial charge in [-0.25, -0.2) is 4.39 Å². The zero-order chi connectivity index (χ0) is 7.56. The van der Waals surface area contributed by atoms with Crippen molar-refractivity contribution in [3.63, 3.8) is 0 Å². The van der Waals surface area contributed by atoms with Crippen molar-refractivity contribution in [1.29, 1.82) is 0 Å². The highest BCUT2D eigenvalue weighted by molar-refractivity contribution is 6.31. The Bertz CT molecular complexity index is 286. The molecule has 0 fully saturated rings. The molecular formula is C8H4ClF. The van der Waals surface area contributed by atoms with Gasteiger partial charge in [0.25, 0.3) is 0 Å². The Morgan fingerprint density at radius 1 is 1.50 bits per heavy atom. The van der Waals surface area contributed by atoms with Gasteiger partial charge in [0.1, 0.15) is 5.82 Å². The molecule has 1 aromatic carbocycles. The number of halogens is 2. The van der Waals surface area contributed by atoms with Gasteiger partial charge in [-0.05, 0) is 12.1 Å². The van der Waals surface area contributed by atoms with Crippen LogP contribution in [0, 0.1) is 18.2 Å². The number of rotatable bonds is 0. The van der Waals surface area contributed by atoms with Gasteiger partial charge in [-0.15, -0.1) is 6.42 Å². The van der Waals surface area contributed by atoms with Crippen molar-refractivity contribution in [3.05, 3.63) is 34.6 Å². The summed E-state index contributed by atoms with van der Waals surface area (Å²) in [6.07, 6.45) is 5.02. The first-order valence-corrected chi connectivity index (χ1v) is 3.04. The molecule has 0 nitrogen and oxygen atoms in total. The monoisotopic (exact) mass is 154 g/mol. The molecule has 2 heteroatoms. The lowest BCUT2D eigenvalue weighted by Crippen LogP contribution is -1.80. The Balaban J connectivity index is 3.31. The zero-order valence-electron chi connectivity index (χ0n) is 5.07. The third-order valence-electron chi connectivity index (χ3n) is 1.11. The molecular weight excluding hydrogens is 151 g/mol. The second kappa shape index (κ2) is 2.72. The van der Waals surface area contributed by atoms with Crippen LogP contribution in [0.4, 0.5) is 4.39 Å². The van der Waals surface area contributed by atoms with E-state index in [9.17, 15) is 4.39 Å². The van der Waals surface area contributed by atoms with E-state index in [-0.39, 0.29) is 5.02 Å². The van der Waals surface area contributed by atoms with Gasteiger partial charge in [-0.3, -0.25) is 0 Å². The van der Waals surface area contributed by atoms with E-state index < -0.39 is 5.82 Å². The van der Waals surface area contributed by atoms with E-state index >= 15 is 0 Å². The van der Waals surface area contributed by atoms with Gasteiger partial charge in [0, 0.05) is 5.56 Å². The molecule has 0 heterocycles. The first kappa shape index (κ1) is 7.11. The van der Waals surface area contributed by atoms with E-state index in [0.717, 1.165) is 0 Å². The number of terminal acetylenes is 1. The second-order valence-electron chi connectivity index (χ2n) is 1.75. The second-order valence-corrected chi connectivity index (χ2v) is 2.12. The fourth-order valence-electron chi connectivity index (χ4n) is 0.615. The first-order valence-electron chi connectivity index (χ1n) is 2.66. The molecule has 0 aliphatic carbocycles. The maximum atomic E-state index is 12.5. The summed E-state index contributed by atoms with van der Waals surface area (Å²) in [5.74, 6) is 1.79. The van der Waals surface area contributed by atoms with E-state index in [2.05, 4.69) is 5.92 Å². The van der Waals surface area contributed by atoms with Crippen molar-refractivity contribution in [1.82, 2.24) is 0 Å². The number of benzene rings is 1. The topological polar surface area (TPSA) is 0 Å². The van der Waals surface area contributed by atoms with E-state index in [1.54, 1.807) is 6.07 Å². The lowest BCUT2D eigenvalue weighted by Gasteiger charge is -1.94. The van der Waals surface area contributed by atoms with Crippen LogP contribution in [0.1, 0.15) is 5.56 Å². The van der Waals surface area contributed by atoms with Crippen LogP contribution in [0.15, 0.2) is 18.2 Å². The SMILES string of the molecule is C#Cc1cccc(F)c1Cl. The Hall–Kier alpha value is -1.00. The van der Waals surface area contributed by atoms with Crippen LogP contribution in [-0.4, -0.2) is 0 Å². The average molecular weight is 155 g/mol. The molecule has 0 aromatic heterocycles. The van der Waals surface area contributed by atoms with Gasteiger partial charge >= 0.3 is 0 Å². The van der Waals surface area contributed by atoms with E-state index in [0.29, 0.717) is 5.56 Å². The van der Waals surface area contributed by atoms with Crippen molar-refractivity contribution >= 4 is 11.6 Å². The normalized spacial score (nSPS) is 8.90. The van der Waals surface area contributed by atoms with Gasteiger partial charge in [-0.2, -0.15) is 0 Å². The molecule has 10 heavy (non-hydrogen) atoms. The highest BCUT2D eigenvalue weighted by atomic mass is 35.5. The van der Waals surface area contributed by atoms with E-state index in [1.807, 2.05) is 0 Å². The lowest BCUT2D eigenvalue weighted by molar-refractivity contribution is 0.628. The highest BCUT2D eigenvalue weighted by Gasteiger charge is 2.00. The average Bonchev–Trinajstić information content (AvgIpc) is 1.95. The smallest absolute Gasteiger partial charge is 0.143 e. The number of hydrogen-bond acceptors (Lipinski definition) is 0. The molecule has 1 aromatic rings. The standard InChI is InChI=1S/C8H4ClF/c1-2-6-4-3-5-7(10)8(6)9/h1,3-5H. The van der Waals surface area contributed by atoms with Crippen LogP contribution in [0.5, 0.6) is 0 Å². The molecule has 0 saturated heterocycles. The third kappa shape index (κ3) is 1.12. The molecule has 0 spiro atoms. The summed E-state index contributed by atoms with van der Waals surface area (Å²) in [5, 5.41) is 0.0185. The van der Waals surface area contributed by atoms with Gasteiger partial charge < -0.3 is 0 Å². The summed E-state index contributed by atoms with van der Waals surface area (Å²) in [6, 6.07) is 4.38.